The largest absolute Gasteiger partial charge is 0.462 e. The monoisotopic (exact) mass is 337 g/mol. The number of esters is 1. The van der Waals surface area contributed by atoms with Crippen LogP contribution in [-0.4, -0.2) is 27.9 Å². The summed E-state index contributed by atoms with van der Waals surface area (Å²) in [6.07, 6.45) is 3.34. The molecule has 25 heavy (non-hydrogen) atoms. The number of nitrogens with zero attached hydrogens (tertiary/aromatic N) is 2. The van der Waals surface area contributed by atoms with Gasteiger partial charge >= 0.3 is 5.97 Å². The molecule has 3 rings (SSSR count). The van der Waals surface area contributed by atoms with Gasteiger partial charge in [-0.2, -0.15) is 0 Å². The standard InChI is InChI=1S/C19H19N3O3/c1-3-25-19(24)14-8-7-13(2)15(10-14)11-21-18(23)16-12-20-17-6-4-5-9-22(16)17/h4-10,12H,3,11H2,1-2H3,(H,21,23). The van der Waals surface area contributed by atoms with Crippen molar-refractivity contribution in [2.75, 3.05) is 6.61 Å². The molecule has 128 valence electrons. The Bertz CT molecular complexity index is 931. The lowest BCUT2D eigenvalue weighted by atomic mass is 10.0. The average Bonchev–Trinajstić information content (AvgIpc) is 3.05. The number of hydrogen-bond acceptors (Lipinski definition) is 4. The topological polar surface area (TPSA) is 72.7 Å². The van der Waals surface area contributed by atoms with Crippen molar-refractivity contribution in [3.8, 4) is 0 Å². The number of aromatic nitrogens is 2. The van der Waals surface area contributed by atoms with Crippen molar-refractivity contribution in [1.82, 2.24) is 14.7 Å². The van der Waals surface area contributed by atoms with E-state index in [1.807, 2.05) is 31.2 Å². The normalized spacial score (nSPS) is 10.6. The number of fused-ring (bicyclic) bond motifs is 1. The molecule has 0 aliphatic rings. The summed E-state index contributed by atoms with van der Waals surface area (Å²) in [4.78, 5) is 28.5. The number of amides is 1. The van der Waals surface area contributed by atoms with Gasteiger partial charge in [0.05, 0.1) is 18.4 Å². The van der Waals surface area contributed by atoms with Gasteiger partial charge in [-0.3, -0.25) is 9.20 Å². The van der Waals surface area contributed by atoms with E-state index in [1.54, 1.807) is 35.9 Å². The molecule has 0 aliphatic carbocycles. The lowest BCUT2D eigenvalue weighted by molar-refractivity contribution is 0.0526. The number of pyridine rings is 1. The number of imidazole rings is 1. The summed E-state index contributed by atoms with van der Waals surface area (Å²) in [7, 11) is 0. The van der Waals surface area contributed by atoms with Crippen molar-refractivity contribution < 1.29 is 14.3 Å². The van der Waals surface area contributed by atoms with E-state index >= 15 is 0 Å². The number of hydrogen-bond donors (Lipinski definition) is 1. The summed E-state index contributed by atoms with van der Waals surface area (Å²) in [5.41, 5.74) is 3.52. The first-order valence-electron chi connectivity index (χ1n) is 8.07. The second-order valence-electron chi connectivity index (χ2n) is 5.62. The highest BCUT2D eigenvalue weighted by Gasteiger charge is 2.13. The molecular formula is C19H19N3O3. The zero-order valence-electron chi connectivity index (χ0n) is 14.2. The summed E-state index contributed by atoms with van der Waals surface area (Å²) in [6, 6.07) is 10.9. The molecule has 0 bridgehead atoms. The second-order valence-corrected chi connectivity index (χ2v) is 5.62. The first kappa shape index (κ1) is 16.7. The van der Waals surface area contributed by atoms with Crippen LogP contribution in [0.2, 0.25) is 0 Å². The Balaban J connectivity index is 1.76. The van der Waals surface area contributed by atoms with Crippen LogP contribution in [0.25, 0.3) is 5.65 Å². The summed E-state index contributed by atoms with van der Waals surface area (Å²) < 4.78 is 6.75. The van der Waals surface area contributed by atoms with Gasteiger partial charge in [-0.1, -0.05) is 12.1 Å². The fourth-order valence-electron chi connectivity index (χ4n) is 2.57. The number of rotatable bonds is 5. The van der Waals surface area contributed by atoms with Crippen LogP contribution in [0.1, 0.15) is 38.9 Å². The molecule has 0 spiro atoms. The van der Waals surface area contributed by atoms with Crippen molar-refractivity contribution in [3.05, 3.63) is 71.2 Å². The number of carbonyl (C=O) groups is 2. The van der Waals surface area contributed by atoms with Crippen molar-refractivity contribution >= 4 is 17.5 Å². The maximum Gasteiger partial charge on any atom is 0.338 e. The van der Waals surface area contributed by atoms with E-state index in [-0.39, 0.29) is 11.9 Å². The molecule has 0 radical (unpaired) electrons. The molecule has 0 saturated carbocycles. The molecule has 2 aromatic heterocycles. The smallest absolute Gasteiger partial charge is 0.338 e. The van der Waals surface area contributed by atoms with Gasteiger partial charge < -0.3 is 10.1 Å². The third-order valence-electron chi connectivity index (χ3n) is 3.95. The Hall–Kier alpha value is -3.15. The SMILES string of the molecule is CCOC(=O)c1ccc(C)c(CNC(=O)c2cnc3ccccn23)c1. The highest BCUT2D eigenvalue weighted by molar-refractivity contribution is 5.93. The number of carbonyl (C=O) groups excluding carboxylic acids is 2. The van der Waals surface area contributed by atoms with Gasteiger partial charge in [0.2, 0.25) is 0 Å². The molecule has 0 atom stereocenters. The first-order valence-corrected chi connectivity index (χ1v) is 8.07. The summed E-state index contributed by atoms with van der Waals surface area (Å²) in [5, 5.41) is 2.88. The van der Waals surface area contributed by atoms with E-state index in [1.165, 1.54) is 0 Å². The average molecular weight is 337 g/mol. The van der Waals surface area contributed by atoms with E-state index in [0.29, 0.717) is 30.1 Å². The molecule has 0 fully saturated rings. The molecule has 2 heterocycles. The third kappa shape index (κ3) is 3.52. The lowest BCUT2D eigenvalue weighted by Gasteiger charge is -2.10. The van der Waals surface area contributed by atoms with Gasteiger partial charge in [-0.05, 0) is 49.2 Å². The highest BCUT2D eigenvalue weighted by Crippen LogP contribution is 2.13. The molecule has 1 amide bonds. The Kier molecular flexibility index (Phi) is 4.79. The highest BCUT2D eigenvalue weighted by atomic mass is 16.5. The molecular weight excluding hydrogens is 318 g/mol. The van der Waals surface area contributed by atoms with E-state index in [4.69, 9.17) is 4.74 Å². The minimum absolute atomic E-state index is 0.223. The van der Waals surface area contributed by atoms with E-state index in [0.717, 1.165) is 11.1 Å². The predicted octanol–water partition coefficient (Wildman–Crippen LogP) is 2.75. The van der Waals surface area contributed by atoms with Gasteiger partial charge in [0.25, 0.3) is 5.91 Å². The fraction of sp³-hybridized carbons (Fsp3) is 0.211. The van der Waals surface area contributed by atoms with Crippen molar-refractivity contribution in [3.63, 3.8) is 0 Å². The summed E-state index contributed by atoms with van der Waals surface area (Å²) in [5.74, 6) is -0.587. The van der Waals surface area contributed by atoms with Crippen molar-refractivity contribution in [2.45, 2.75) is 20.4 Å². The van der Waals surface area contributed by atoms with Crippen LogP contribution in [0.5, 0.6) is 0 Å². The maximum atomic E-state index is 12.5. The minimum Gasteiger partial charge on any atom is -0.462 e. The molecule has 0 unspecified atom stereocenters. The lowest BCUT2D eigenvalue weighted by Crippen LogP contribution is -2.24. The molecule has 0 saturated heterocycles. The Morgan fingerprint density at radius 3 is 2.88 bits per heavy atom. The zero-order chi connectivity index (χ0) is 17.8. The van der Waals surface area contributed by atoms with Gasteiger partial charge in [0.15, 0.2) is 0 Å². The summed E-state index contributed by atoms with van der Waals surface area (Å²) in [6.45, 7) is 4.35. The number of benzene rings is 1. The van der Waals surface area contributed by atoms with Gasteiger partial charge in [-0.25, -0.2) is 9.78 Å². The van der Waals surface area contributed by atoms with E-state index in [9.17, 15) is 9.59 Å². The quantitative estimate of drug-likeness (QED) is 0.727. The first-order chi connectivity index (χ1) is 12.1. The van der Waals surface area contributed by atoms with Crippen LogP contribution >= 0.6 is 0 Å². The Labute approximate surface area is 145 Å². The molecule has 6 nitrogen and oxygen atoms in total. The Morgan fingerprint density at radius 2 is 2.08 bits per heavy atom. The maximum absolute atomic E-state index is 12.5. The summed E-state index contributed by atoms with van der Waals surface area (Å²) >= 11 is 0. The van der Waals surface area contributed by atoms with E-state index in [2.05, 4.69) is 10.3 Å². The molecule has 6 heteroatoms. The number of nitrogens with one attached hydrogen (secondary N) is 1. The molecule has 3 aromatic rings. The fourth-order valence-corrected chi connectivity index (χ4v) is 2.57. The van der Waals surface area contributed by atoms with Crippen molar-refractivity contribution in [1.29, 1.82) is 0 Å². The number of ether oxygens (including phenoxy) is 1. The van der Waals surface area contributed by atoms with E-state index < -0.39 is 0 Å². The zero-order valence-corrected chi connectivity index (χ0v) is 14.2. The second kappa shape index (κ2) is 7.17. The van der Waals surface area contributed by atoms with Crippen LogP contribution < -0.4 is 5.32 Å². The van der Waals surface area contributed by atoms with Crippen LogP contribution in [-0.2, 0) is 11.3 Å². The van der Waals surface area contributed by atoms with Crippen LogP contribution in [0, 0.1) is 6.92 Å². The number of aryl methyl sites for hydroxylation is 1. The van der Waals surface area contributed by atoms with Crippen LogP contribution in [0.4, 0.5) is 0 Å². The minimum atomic E-state index is -0.364. The van der Waals surface area contributed by atoms with Gasteiger partial charge in [0.1, 0.15) is 11.3 Å². The van der Waals surface area contributed by atoms with Gasteiger partial charge in [0, 0.05) is 12.7 Å². The predicted molar refractivity (Wildman–Crippen MR) is 93.5 cm³/mol. The molecule has 1 aromatic carbocycles. The third-order valence-corrected chi connectivity index (χ3v) is 3.95. The molecule has 1 N–H and O–H groups in total. The van der Waals surface area contributed by atoms with Crippen LogP contribution in [0.15, 0.2) is 48.8 Å². The van der Waals surface area contributed by atoms with Crippen molar-refractivity contribution in [2.24, 2.45) is 0 Å². The van der Waals surface area contributed by atoms with Crippen LogP contribution in [0.3, 0.4) is 0 Å². The Morgan fingerprint density at radius 1 is 1.24 bits per heavy atom. The van der Waals surface area contributed by atoms with Gasteiger partial charge in [-0.15, -0.1) is 0 Å². The molecule has 0 aliphatic heterocycles.